The highest BCUT2D eigenvalue weighted by Crippen LogP contribution is 2.18. The molecule has 0 radical (unpaired) electrons. The van der Waals surface area contributed by atoms with Gasteiger partial charge in [0.25, 0.3) is 0 Å². The molecule has 1 rings (SSSR count). The minimum Gasteiger partial charge on any atom is -0.488 e. The fraction of sp³-hybridized carbons (Fsp3) is 0.333. The lowest BCUT2D eigenvalue weighted by Gasteiger charge is -2.20. The molecule has 0 fully saturated rings. The van der Waals surface area contributed by atoms with Gasteiger partial charge in [0.2, 0.25) is 0 Å². The van der Waals surface area contributed by atoms with Gasteiger partial charge in [-0.2, -0.15) is 0 Å². The van der Waals surface area contributed by atoms with Crippen LogP contribution in [0, 0.1) is 12.3 Å². The van der Waals surface area contributed by atoms with Crippen molar-refractivity contribution in [1.82, 2.24) is 5.32 Å². The van der Waals surface area contributed by atoms with E-state index in [1.807, 2.05) is 26.1 Å². The first-order chi connectivity index (χ1) is 7.17. The van der Waals surface area contributed by atoms with Crippen LogP contribution in [0.1, 0.15) is 6.92 Å². The molecular formula is C12H14ClNO. The summed E-state index contributed by atoms with van der Waals surface area (Å²) in [5.74, 6) is 3.34. The molecule has 15 heavy (non-hydrogen) atoms. The molecule has 0 aromatic heterocycles. The molecule has 0 spiro atoms. The zero-order valence-electron chi connectivity index (χ0n) is 8.83. The molecule has 1 aromatic carbocycles. The number of hydrogen-bond acceptors (Lipinski definition) is 2. The Morgan fingerprint density at radius 2 is 2.27 bits per heavy atom. The van der Waals surface area contributed by atoms with Gasteiger partial charge in [0, 0.05) is 5.02 Å². The summed E-state index contributed by atoms with van der Waals surface area (Å²) >= 11 is 5.84. The zero-order valence-corrected chi connectivity index (χ0v) is 9.58. The van der Waals surface area contributed by atoms with Crippen LogP contribution < -0.4 is 10.1 Å². The van der Waals surface area contributed by atoms with Gasteiger partial charge in [0.1, 0.15) is 17.9 Å². The zero-order chi connectivity index (χ0) is 11.3. The molecule has 80 valence electrons. The van der Waals surface area contributed by atoms with Crippen LogP contribution in [0.2, 0.25) is 5.02 Å². The van der Waals surface area contributed by atoms with E-state index in [9.17, 15) is 0 Å². The summed E-state index contributed by atoms with van der Waals surface area (Å²) in [6.07, 6.45) is 5.25. The average molecular weight is 224 g/mol. The van der Waals surface area contributed by atoms with E-state index in [0.29, 0.717) is 5.02 Å². The molecule has 2 atom stereocenters. The summed E-state index contributed by atoms with van der Waals surface area (Å²) in [5.41, 5.74) is 0. The topological polar surface area (TPSA) is 21.3 Å². The van der Waals surface area contributed by atoms with E-state index in [-0.39, 0.29) is 12.1 Å². The molecule has 0 saturated heterocycles. The molecule has 2 nitrogen and oxygen atoms in total. The van der Waals surface area contributed by atoms with Crippen molar-refractivity contribution in [3.8, 4) is 18.1 Å². The summed E-state index contributed by atoms with van der Waals surface area (Å²) in [6.45, 7) is 1.92. The van der Waals surface area contributed by atoms with Gasteiger partial charge < -0.3 is 10.1 Å². The molecule has 0 bridgehead atoms. The maximum atomic E-state index is 5.84. The number of nitrogens with one attached hydrogen (secondary N) is 1. The van der Waals surface area contributed by atoms with Gasteiger partial charge in [-0.05, 0) is 32.2 Å². The molecule has 0 amide bonds. The van der Waals surface area contributed by atoms with Gasteiger partial charge >= 0.3 is 0 Å². The quantitative estimate of drug-likeness (QED) is 0.792. The van der Waals surface area contributed by atoms with Crippen LogP contribution >= 0.6 is 11.6 Å². The first-order valence-corrected chi connectivity index (χ1v) is 5.10. The highest BCUT2D eigenvalue weighted by atomic mass is 35.5. The van der Waals surface area contributed by atoms with Crippen molar-refractivity contribution in [2.75, 3.05) is 7.05 Å². The molecule has 3 heteroatoms. The molecule has 0 aliphatic rings. The van der Waals surface area contributed by atoms with Crippen LogP contribution in [-0.4, -0.2) is 19.2 Å². The SMILES string of the molecule is C#CC(NC)C(C)Oc1cccc(Cl)c1. The van der Waals surface area contributed by atoms with Gasteiger partial charge in [-0.1, -0.05) is 23.6 Å². The largest absolute Gasteiger partial charge is 0.488 e. The van der Waals surface area contributed by atoms with Gasteiger partial charge in [0.15, 0.2) is 0 Å². The molecule has 0 saturated carbocycles. The van der Waals surface area contributed by atoms with Crippen molar-refractivity contribution in [3.05, 3.63) is 29.3 Å². The molecule has 1 N–H and O–H groups in total. The Kier molecular flexibility index (Phi) is 4.48. The molecule has 1 aromatic rings. The monoisotopic (exact) mass is 223 g/mol. The third kappa shape index (κ3) is 3.47. The van der Waals surface area contributed by atoms with Gasteiger partial charge in [-0.25, -0.2) is 0 Å². The van der Waals surface area contributed by atoms with E-state index in [4.69, 9.17) is 22.8 Å². The van der Waals surface area contributed by atoms with Crippen LogP contribution in [0.4, 0.5) is 0 Å². The second-order valence-corrected chi connectivity index (χ2v) is 3.65. The standard InChI is InChI=1S/C12H14ClNO/c1-4-12(14-3)9(2)15-11-7-5-6-10(13)8-11/h1,5-9,12,14H,2-3H3. The van der Waals surface area contributed by atoms with E-state index in [2.05, 4.69) is 11.2 Å². The first kappa shape index (κ1) is 11.9. The number of hydrogen-bond donors (Lipinski definition) is 1. The highest BCUT2D eigenvalue weighted by molar-refractivity contribution is 6.30. The van der Waals surface area contributed by atoms with Crippen molar-refractivity contribution < 1.29 is 4.74 Å². The number of terminal acetylenes is 1. The van der Waals surface area contributed by atoms with Crippen molar-refractivity contribution in [1.29, 1.82) is 0 Å². The Labute approximate surface area is 95.6 Å². The molecule has 0 aliphatic carbocycles. The maximum Gasteiger partial charge on any atom is 0.122 e. The summed E-state index contributed by atoms with van der Waals surface area (Å²) in [7, 11) is 1.81. The van der Waals surface area contributed by atoms with Crippen LogP contribution in [0.3, 0.4) is 0 Å². The third-order valence-electron chi connectivity index (χ3n) is 2.08. The number of halogens is 1. The Morgan fingerprint density at radius 1 is 1.53 bits per heavy atom. The third-order valence-corrected chi connectivity index (χ3v) is 2.31. The van der Waals surface area contributed by atoms with Crippen molar-refractivity contribution >= 4 is 11.6 Å². The predicted molar refractivity (Wildman–Crippen MR) is 63.2 cm³/mol. The number of benzene rings is 1. The minimum atomic E-state index is -0.107. The second-order valence-electron chi connectivity index (χ2n) is 3.21. The number of rotatable bonds is 4. The summed E-state index contributed by atoms with van der Waals surface area (Å²) in [4.78, 5) is 0. The lowest BCUT2D eigenvalue weighted by Crippen LogP contribution is -2.37. The van der Waals surface area contributed by atoms with E-state index in [1.54, 1.807) is 12.1 Å². The number of likely N-dealkylation sites (N-methyl/N-ethyl adjacent to an activating group) is 1. The van der Waals surface area contributed by atoms with Crippen LogP contribution in [0.5, 0.6) is 5.75 Å². The smallest absolute Gasteiger partial charge is 0.122 e. The van der Waals surface area contributed by atoms with Crippen molar-refractivity contribution in [2.45, 2.75) is 19.1 Å². The Hall–Kier alpha value is -1.17. The molecular weight excluding hydrogens is 210 g/mol. The fourth-order valence-corrected chi connectivity index (χ4v) is 1.46. The molecule has 0 aliphatic heterocycles. The van der Waals surface area contributed by atoms with Gasteiger partial charge in [-0.3, -0.25) is 0 Å². The van der Waals surface area contributed by atoms with E-state index >= 15 is 0 Å². The van der Waals surface area contributed by atoms with E-state index in [0.717, 1.165) is 5.75 Å². The van der Waals surface area contributed by atoms with Crippen molar-refractivity contribution in [3.63, 3.8) is 0 Å². The van der Waals surface area contributed by atoms with E-state index in [1.165, 1.54) is 0 Å². The lowest BCUT2D eigenvalue weighted by molar-refractivity contribution is 0.197. The Bertz CT molecular complexity index is 359. The van der Waals surface area contributed by atoms with Gasteiger partial charge in [0.05, 0.1) is 0 Å². The van der Waals surface area contributed by atoms with E-state index < -0.39 is 0 Å². The van der Waals surface area contributed by atoms with Crippen LogP contribution in [0.25, 0.3) is 0 Å². The first-order valence-electron chi connectivity index (χ1n) is 4.73. The predicted octanol–water partition coefficient (Wildman–Crippen LogP) is 2.33. The summed E-state index contributed by atoms with van der Waals surface area (Å²) < 4.78 is 5.65. The van der Waals surface area contributed by atoms with Crippen LogP contribution in [0.15, 0.2) is 24.3 Å². The van der Waals surface area contributed by atoms with Crippen molar-refractivity contribution in [2.24, 2.45) is 0 Å². The molecule has 0 heterocycles. The van der Waals surface area contributed by atoms with Gasteiger partial charge in [-0.15, -0.1) is 6.42 Å². The average Bonchev–Trinajstić information content (AvgIpc) is 2.19. The Balaban J connectivity index is 2.66. The fourth-order valence-electron chi connectivity index (χ4n) is 1.28. The summed E-state index contributed by atoms with van der Waals surface area (Å²) in [6, 6.07) is 7.15. The summed E-state index contributed by atoms with van der Waals surface area (Å²) in [5, 5.41) is 3.65. The number of ether oxygens (including phenoxy) is 1. The second kappa shape index (κ2) is 5.65. The van der Waals surface area contributed by atoms with Crippen LogP contribution in [-0.2, 0) is 0 Å². The molecule has 2 unspecified atom stereocenters. The Morgan fingerprint density at radius 3 is 2.80 bits per heavy atom. The normalized spacial score (nSPS) is 14.0. The maximum absolute atomic E-state index is 5.84. The lowest BCUT2D eigenvalue weighted by atomic mass is 10.2. The minimum absolute atomic E-state index is 0.0986. The highest BCUT2D eigenvalue weighted by Gasteiger charge is 2.13.